The third-order valence-electron chi connectivity index (χ3n) is 6.99. The van der Waals surface area contributed by atoms with Gasteiger partial charge in [0.05, 0.1) is 0 Å². The van der Waals surface area contributed by atoms with Gasteiger partial charge in [0, 0.05) is 18.5 Å². The van der Waals surface area contributed by atoms with E-state index in [-0.39, 0.29) is 6.04 Å². The fourth-order valence-corrected chi connectivity index (χ4v) is 6.62. The molecule has 4 rings (SSSR count). The normalized spacial score (nSPS) is 20.1. The fourth-order valence-electron chi connectivity index (χ4n) is 5.31. The van der Waals surface area contributed by atoms with Gasteiger partial charge in [0.25, 0.3) is 10.2 Å². The Bertz CT molecular complexity index is 1070. The molecule has 2 atom stereocenters. The molecule has 8 nitrogen and oxygen atoms in total. The lowest BCUT2D eigenvalue weighted by atomic mass is 9.84. The van der Waals surface area contributed by atoms with Crippen LogP contribution in [0.3, 0.4) is 0 Å². The number of carbonyl (C=O) groups excluding carboxylic acids is 2. The molecule has 2 aliphatic rings. The highest BCUT2D eigenvalue weighted by molar-refractivity contribution is 7.87. The Morgan fingerprint density at radius 3 is 1.97 bits per heavy atom. The van der Waals surface area contributed by atoms with E-state index in [1.165, 1.54) is 4.90 Å². The van der Waals surface area contributed by atoms with Crippen molar-refractivity contribution in [1.82, 2.24) is 14.3 Å². The van der Waals surface area contributed by atoms with Gasteiger partial charge < -0.3 is 10.6 Å². The number of amides is 2. The van der Waals surface area contributed by atoms with Gasteiger partial charge in [-0.1, -0.05) is 79.9 Å². The Balaban J connectivity index is 1.73. The summed E-state index contributed by atoms with van der Waals surface area (Å²) >= 11 is 0. The lowest BCUT2D eigenvalue weighted by Gasteiger charge is -2.33. The van der Waals surface area contributed by atoms with Gasteiger partial charge in [0.2, 0.25) is 11.8 Å². The summed E-state index contributed by atoms with van der Waals surface area (Å²) in [7, 11) is -4.02. The average Bonchev–Trinajstić information content (AvgIpc) is 3.35. The summed E-state index contributed by atoms with van der Waals surface area (Å²) in [5, 5.41) is 0. The summed E-state index contributed by atoms with van der Waals surface area (Å²) in [6.07, 6.45) is 5.70. The highest BCUT2D eigenvalue weighted by Crippen LogP contribution is 2.31. The summed E-state index contributed by atoms with van der Waals surface area (Å²) in [6, 6.07) is 16.7. The Morgan fingerprint density at radius 1 is 0.857 bits per heavy atom. The first-order valence-electron chi connectivity index (χ1n) is 12.3. The number of benzene rings is 2. The predicted molar refractivity (Wildman–Crippen MR) is 135 cm³/mol. The molecular weight excluding hydrogens is 464 g/mol. The van der Waals surface area contributed by atoms with Crippen LogP contribution >= 0.6 is 0 Å². The van der Waals surface area contributed by atoms with Crippen LogP contribution in [0.2, 0.25) is 0 Å². The molecule has 1 aliphatic carbocycles. The van der Waals surface area contributed by atoms with Gasteiger partial charge in [-0.2, -0.15) is 17.9 Å². The van der Waals surface area contributed by atoms with Crippen molar-refractivity contribution in [2.45, 2.75) is 69.0 Å². The number of hydrogen-bond acceptors (Lipinski definition) is 4. The second kappa shape index (κ2) is 11.3. The number of rotatable bonds is 9. The number of likely N-dealkylation sites (tertiary alicyclic amines) is 1. The van der Waals surface area contributed by atoms with Crippen molar-refractivity contribution in [3.8, 4) is 0 Å². The Kier molecular flexibility index (Phi) is 8.20. The van der Waals surface area contributed by atoms with Gasteiger partial charge in [0.1, 0.15) is 12.1 Å². The molecule has 0 bridgehead atoms. The largest absolute Gasteiger partial charge is 0.368 e. The smallest absolute Gasteiger partial charge is 0.277 e. The van der Waals surface area contributed by atoms with Gasteiger partial charge in [-0.3, -0.25) is 9.59 Å². The molecule has 0 radical (unpaired) electrons. The zero-order valence-electron chi connectivity index (χ0n) is 19.8. The van der Waals surface area contributed by atoms with Crippen molar-refractivity contribution in [1.29, 1.82) is 0 Å². The van der Waals surface area contributed by atoms with Crippen molar-refractivity contribution in [3.63, 3.8) is 0 Å². The van der Waals surface area contributed by atoms with E-state index >= 15 is 0 Å². The Labute approximate surface area is 207 Å². The summed E-state index contributed by atoms with van der Waals surface area (Å²) < 4.78 is 32.1. The Morgan fingerprint density at radius 2 is 1.43 bits per heavy atom. The van der Waals surface area contributed by atoms with E-state index in [2.05, 4.69) is 9.44 Å². The molecule has 2 amide bonds. The van der Waals surface area contributed by atoms with Crippen LogP contribution in [0.4, 0.5) is 0 Å². The molecule has 0 aromatic heterocycles. The molecule has 4 N–H and O–H groups in total. The van der Waals surface area contributed by atoms with Crippen LogP contribution < -0.4 is 15.2 Å². The molecular formula is C26H34N4O4S. The minimum absolute atomic E-state index is 0.158. The van der Waals surface area contributed by atoms with Gasteiger partial charge in [-0.15, -0.1) is 0 Å². The second-order valence-corrected chi connectivity index (χ2v) is 10.9. The monoisotopic (exact) mass is 498 g/mol. The third-order valence-corrected chi connectivity index (χ3v) is 8.20. The van der Waals surface area contributed by atoms with E-state index in [0.29, 0.717) is 19.4 Å². The molecule has 2 aromatic rings. The van der Waals surface area contributed by atoms with E-state index in [4.69, 9.17) is 5.73 Å². The molecule has 2 aromatic carbocycles. The first-order chi connectivity index (χ1) is 16.9. The number of primary amides is 1. The minimum atomic E-state index is -4.02. The quantitative estimate of drug-likeness (QED) is 0.491. The van der Waals surface area contributed by atoms with Crippen LogP contribution in [-0.4, -0.2) is 49.8 Å². The van der Waals surface area contributed by atoms with Crippen LogP contribution in [0, 0.1) is 0 Å². The molecule has 1 aliphatic heterocycles. The highest BCUT2D eigenvalue weighted by Gasteiger charge is 2.42. The van der Waals surface area contributed by atoms with E-state index < -0.39 is 40.0 Å². The van der Waals surface area contributed by atoms with Gasteiger partial charge in [-0.05, 0) is 36.8 Å². The lowest BCUT2D eigenvalue weighted by Crippen LogP contribution is -2.57. The molecule has 1 unspecified atom stereocenters. The molecule has 9 heteroatoms. The zero-order valence-corrected chi connectivity index (χ0v) is 20.6. The average molecular weight is 499 g/mol. The first-order valence-corrected chi connectivity index (χ1v) is 13.8. The highest BCUT2D eigenvalue weighted by atomic mass is 32.2. The van der Waals surface area contributed by atoms with E-state index in [9.17, 15) is 18.0 Å². The zero-order chi connectivity index (χ0) is 24.8. The molecule has 2 fully saturated rings. The molecule has 1 heterocycles. The van der Waals surface area contributed by atoms with Crippen LogP contribution in [-0.2, 0) is 19.8 Å². The van der Waals surface area contributed by atoms with Crippen molar-refractivity contribution < 1.29 is 18.0 Å². The maximum atomic E-state index is 14.0. The predicted octanol–water partition coefficient (Wildman–Crippen LogP) is 2.42. The number of nitrogens with zero attached hydrogens (tertiary/aromatic N) is 1. The SMILES string of the molecule is NC(=O)C1CCCN1C(=O)[C@H](NS(=O)(=O)NC1CCCCC1)C(c1ccccc1)c1ccccc1. The number of nitrogens with two attached hydrogens (primary N) is 1. The summed E-state index contributed by atoms with van der Waals surface area (Å²) in [4.78, 5) is 27.5. The van der Waals surface area contributed by atoms with Crippen LogP contribution in [0.1, 0.15) is 62.0 Å². The second-order valence-electron chi connectivity index (χ2n) is 9.44. The van der Waals surface area contributed by atoms with Crippen molar-refractivity contribution in [2.75, 3.05) is 6.54 Å². The topological polar surface area (TPSA) is 122 Å². The maximum absolute atomic E-state index is 14.0. The lowest BCUT2D eigenvalue weighted by molar-refractivity contribution is -0.138. The van der Waals surface area contributed by atoms with E-state index in [0.717, 1.165) is 43.2 Å². The fraction of sp³-hybridized carbons (Fsp3) is 0.462. The summed E-state index contributed by atoms with van der Waals surface area (Å²) in [5.74, 6) is -1.62. The molecule has 35 heavy (non-hydrogen) atoms. The van der Waals surface area contributed by atoms with E-state index in [1.807, 2.05) is 60.7 Å². The number of hydrogen-bond donors (Lipinski definition) is 3. The molecule has 1 saturated heterocycles. The summed E-state index contributed by atoms with van der Waals surface area (Å²) in [5.41, 5.74) is 7.19. The van der Waals surface area contributed by atoms with Crippen LogP contribution in [0.15, 0.2) is 60.7 Å². The van der Waals surface area contributed by atoms with Crippen molar-refractivity contribution >= 4 is 22.0 Å². The molecule has 188 valence electrons. The van der Waals surface area contributed by atoms with Crippen molar-refractivity contribution in [3.05, 3.63) is 71.8 Å². The standard InChI is InChI=1S/C26H34N4O4S/c27-25(31)22-17-10-18-30(22)26(32)24(29-35(33,34)28-21-15-8-3-9-16-21)23(19-11-4-1-5-12-19)20-13-6-2-7-14-20/h1-2,4-7,11-14,21-24,28-29H,3,8-10,15-18H2,(H2,27,31)/t22?,24-/m1/s1. The van der Waals surface area contributed by atoms with Crippen LogP contribution in [0.5, 0.6) is 0 Å². The van der Waals surface area contributed by atoms with E-state index in [1.54, 1.807) is 0 Å². The Hall–Kier alpha value is -2.75. The third kappa shape index (κ3) is 6.28. The minimum Gasteiger partial charge on any atom is -0.368 e. The van der Waals surface area contributed by atoms with Gasteiger partial charge in [-0.25, -0.2) is 0 Å². The van der Waals surface area contributed by atoms with Crippen molar-refractivity contribution in [2.24, 2.45) is 5.73 Å². The first kappa shape index (κ1) is 25.3. The van der Waals surface area contributed by atoms with Crippen LogP contribution in [0.25, 0.3) is 0 Å². The van der Waals surface area contributed by atoms with Gasteiger partial charge in [0.15, 0.2) is 0 Å². The summed E-state index contributed by atoms with van der Waals surface area (Å²) in [6.45, 7) is 0.358. The maximum Gasteiger partial charge on any atom is 0.277 e. The number of carbonyl (C=O) groups is 2. The molecule has 1 saturated carbocycles. The molecule has 0 spiro atoms. The van der Waals surface area contributed by atoms with Gasteiger partial charge >= 0.3 is 0 Å². The number of nitrogens with one attached hydrogen (secondary N) is 2.